The first kappa shape index (κ1) is 17.6. The average Bonchev–Trinajstić information content (AvgIpc) is 2.89. The summed E-state index contributed by atoms with van der Waals surface area (Å²) in [5.74, 6) is -0.469. The quantitative estimate of drug-likeness (QED) is 0.712. The molecule has 1 aromatic rings. The monoisotopic (exact) mass is 344 g/mol. The van der Waals surface area contributed by atoms with Gasteiger partial charge in [0.1, 0.15) is 0 Å². The first-order valence-corrected chi connectivity index (χ1v) is 8.77. The van der Waals surface area contributed by atoms with E-state index in [0.29, 0.717) is 43.9 Å². The first-order valence-electron chi connectivity index (χ1n) is 8.77. The van der Waals surface area contributed by atoms with Crippen molar-refractivity contribution < 1.29 is 14.4 Å². The third-order valence-corrected chi connectivity index (χ3v) is 4.84. The summed E-state index contributed by atoms with van der Waals surface area (Å²) >= 11 is 0. The number of likely N-dealkylation sites (tertiary alicyclic amines) is 1. The Morgan fingerprint density at radius 3 is 2.48 bits per heavy atom. The molecule has 2 heterocycles. The molecule has 3 amide bonds. The van der Waals surface area contributed by atoms with E-state index in [1.54, 1.807) is 24.3 Å². The number of hydrogen-bond acceptors (Lipinski definition) is 5. The van der Waals surface area contributed by atoms with Crippen LogP contribution in [0.1, 0.15) is 33.6 Å². The Morgan fingerprint density at radius 1 is 1.16 bits per heavy atom. The van der Waals surface area contributed by atoms with Crippen LogP contribution in [0.5, 0.6) is 0 Å². The van der Waals surface area contributed by atoms with E-state index < -0.39 is 0 Å². The molecule has 134 valence electrons. The number of benzene rings is 1. The van der Waals surface area contributed by atoms with Crippen LogP contribution in [0.3, 0.4) is 0 Å². The molecule has 0 radical (unpaired) electrons. The van der Waals surface area contributed by atoms with Crippen molar-refractivity contribution in [2.24, 2.45) is 11.7 Å². The van der Waals surface area contributed by atoms with Gasteiger partial charge >= 0.3 is 0 Å². The van der Waals surface area contributed by atoms with Crippen LogP contribution in [-0.4, -0.2) is 66.8 Å². The number of imide groups is 1. The van der Waals surface area contributed by atoms with Gasteiger partial charge in [-0.15, -0.1) is 0 Å². The molecule has 0 spiro atoms. The lowest BCUT2D eigenvalue weighted by molar-refractivity contribution is -0.126. The Labute approximate surface area is 147 Å². The zero-order chi connectivity index (χ0) is 17.8. The van der Waals surface area contributed by atoms with Gasteiger partial charge in [-0.1, -0.05) is 12.1 Å². The SMILES string of the molecule is NCCNC(=O)C1CCCN(CCN2C(=O)c3ccccc3C2=O)C1. The minimum absolute atomic E-state index is 0.0379. The molecule has 1 saturated heterocycles. The summed E-state index contributed by atoms with van der Waals surface area (Å²) in [4.78, 5) is 40.3. The van der Waals surface area contributed by atoms with Crippen molar-refractivity contribution >= 4 is 17.7 Å². The molecule has 3 N–H and O–H groups in total. The summed E-state index contributed by atoms with van der Waals surface area (Å²) in [6, 6.07) is 6.91. The number of nitrogens with one attached hydrogen (secondary N) is 1. The van der Waals surface area contributed by atoms with Crippen molar-refractivity contribution in [1.82, 2.24) is 15.1 Å². The second-order valence-electron chi connectivity index (χ2n) is 6.53. The predicted octanol–water partition coefficient (Wildman–Crippen LogP) is 0.0695. The standard InChI is InChI=1S/C18H24N4O3/c19-7-8-20-16(23)13-4-3-9-21(12-13)10-11-22-17(24)14-5-1-2-6-15(14)18(22)25/h1-2,5-6,13H,3-4,7-12,19H2,(H,20,23). The number of hydrogen-bond donors (Lipinski definition) is 2. The third-order valence-electron chi connectivity index (χ3n) is 4.84. The number of fused-ring (bicyclic) bond motifs is 1. The molecule has 1 aromatic carbocycles. The summed E-state index contributed by atoms with van der Waals surface area (Å²) in [6.07, 6.45) is 1.79. The molecule has 1 atom stereocenters. The molecular formula is C18H24N4O3. The fourth-order valence-corrected chi connectivity index (χ4v) is 3.50. The number of nitrogens with zero attached hydrogens (tertiary/aromatic N) is 2. The molecular weight excluding hydrogens is 320 g/mol. The van der Waals surface area contributed by atoms with Gasteiger partial charge in [0.2, 0.25) is 5.91 Å². The lowest BCUT2D eigenvalue weighted by Crippen LogP contribution is -2.46. The van der Waals surface area contributed by atoms with Crippen molar-refractivity contribution in [3.8, 4) is 0 Å². The van der Waals surface area contributed by atoms with Gasteiger partial charge in [0, 0.05) is 32.7 Å². The Kier molecular flexibility index (Phi) is 5.45. The second-order valence-corrected chi connectivity index (χ2v) is 6.53. The number of rotatable bonds is 6. The summed E-state index contributed by atoms with van der Waals surface area (Å²) in [5, 5.41) is 2.84. The minimum atomic E-state index is -0.227. The zero-order valence-electron chi connectivity index (χ0n) is 14.2. The highest BCUT2D eigenvalue weighted by molar-refractivity contribution is 6.21. The molecule has 0 bridgehead atoms. The maximum atomic E-state index is 12.4. The molecule has 0 aromatic heterocycles. The maximum Gasteiger partial charge on any atom is 0.261 e. The number of carbonyl (C=O) groups excluding carboxylic acids is 3. The Morgan fingerprint density at radius 2 is 1.84 bits per heavy atom. The van der Waals surface area contributed by atoms with E-state index in [1.807, 2.05) is 0 Å². The van der Waals surface area contributed by atoms with Crippen LogP contribution in [0.2, 0.25) is 0 Å². The molecule has 7 nitrogen and oxygen atoms in total. The van der Waals surface area contributed by atoms with Crippen molar-refractivity contribution in [2.75, 3.05) is 39.3 Å². The van der Waals surface area contributed by atoms with Crippen LogP contribution < -0.4 is 11.1 Å². The van der Waals surface area contributed by atoms with Gasteiger partial charge in [-0.05, 0) is 31.5 Å². The van der Waals surface area contributed by atoms with Gasteiger partial charge in [-0.25, -0.2) is 0 Å². The van der Waals surface area contributed by atoms with Gasteiger partial charge in [0.05, 0.1) is 17.0 Å². The minimum Gasteiger partial charge on any atom is -0.355 e. The largest absolute Gasteiger partial charge is 0.355 e. The van der Waals surface area contributed by atoms with E-state index in [2.05, 4.69) is 10.2 Å². The smallest absolute Gasteiger partial charge is 0.261 e. The third kappa shape index (κ3) is 3.72. The topological polar surface area (TPSA) is 95.7 Å². The van der Waals surface area contributed by atoms with Gasteiger partial charge in [0.25, 0.3) is 11.8 Å². The van der Waals surface area contributed by atoms with E-state index in [0.717, 1.165) is 19.4 Å². The van der Waals surface area contributed by atoms with E-state index in [9.17, 15) is 14.4 Å². The average molecular weight is 344 g/mol. The number of carbonyl (C=O) groups is 3. The molecule has 0 aliphatic carbocycles. The lowest BCUT2D eigenvalue weighted by atomic mass is 9.97. The van der Waals surface area contributed by atoms with Crippen LogP contribution in [0.25, 0.3) is 0 Å². The maximum absolute atomic E-state index is 12.4. The molecule has 3 rings (SSSR count). The summed E-state index contributed by atoms with van der Waals surface area (Å²) < 4.78 is 0. The van der Waals surface area contributed by atoms with E-state index in [-0.39, 0.29) is 23.6 Å². The fraction of sp³-hybridized carbons (Fsp3) is 0.500. The van der Waals surface area contributed by atoms with E-state index in [4.69, 9.17) is 5.73 Å². The van der Waals surface area contributed by atoms with Crippen LogP contribution in [0, 0.1) is 5.92 Å². The molecule has 7 heteroatoms. The molecule has 1 unspecified atom stereocenters. The summed E-state index contributed by atoms with van der Waals surface area (Å²) in [7, 11) is 0. The Hall–Kier alpha value is -2.25. The first-order chi connectivity index (χ1) is 12.1. The highest BCUT2D eigenvalue weighted by Crippen LogP contribution is 2.23. The Bertz CT molecular complexity index is 641. The van der Waals surface area contributed by atoms with Gasteiger partial charge < -0.3 is 16.0 Å². The van der Waals surface area contributed by atoms with Crippen LogP contribution >= 0.6 is 0 Å². The Balaban J connectivity index is 1.55. The van der Waals surface area contributed by atoms with Crippen LogP contribution in [-0.2, 0) is 4.79 Å². The second kappa shape index (κ2) is 7.76. The molecule has 2 aliphatic rings. The predicted molar refractivity (Wildman–Crippen MR) is 93.0 cm³/mol. The number of piperidine rings is 1. The fourth-order valence-electron chi connectivity index (χ4n) is 3.50. The summed E-state index contributed by atoms with van der Waals surface area (Å²) in [5.41, 5.74) is 6.37. The van der Waals surface area contributed by atoms with Gasteiger partial charge in [0.15, 0.2) is 0 Å². The van der Waals surface area contributed by atoms with Crippen molar-refractivity contribution in [3.05, 3.63) is 35.4 Å². The highest BCUT2D eigenvalue weighted by atomic mass is 16.2. The van der Waals surface area contributed by atoms with E-state index >= 15 is 0 Å². The lowest BCUT2D eigenvalue weighted by Gasteiger charge is -2.32. The van der Waals surface area contributed by atoms with Gasteiger partial charge in [-0.3, -0.25) is 19.3 Å². The van der Waals surface area contributed by atoms with Crippen LogP contribution in [0.4, 0.5) is 0 Å². The van der Waals surface area contributed by atoms with E-state index in [1.165, 1.54) is 4.90 Å². The van der Waals surface area contributed by atoms with Crippen LogP contribution in [0.15, 0.2) is 24.3 Å². The summed E-state index contributed by atoms with van der Waals surface area (Å²) in [6.45, 7) is 3.39. The van der Waals surface area contributed by atoms with Gasteiger partial charge in [-0.2, -0.15) is 0 Å². The van der Waals surface area contributed by atoms with Crippen molar-refractivity contribution in [2.45, 2.75) is 12.8 Å². The highest BCUT2D eigenvalue weighted by Gasteiger charge is 2.35. The zero-order valence-corrected chi connectivity index (χ0v) is 14.2. The molecule has 25 heavy (non-hydrogen) atoms. The molecule has 0 saturated carbocycles. The normalized spacial score (nSPS) is 20.7. The molecule has 1 fully saturated rings. The van der Waals surface area contributed by atoms with Crippen molar-refractivity contribution in [1.29, 1.82) is 0 Å². The molecule has 2 aliphatic heterocycles. The van der Waals surface area contributed by atoms with Crippen molar-refractivity contribution in [3.63, 3.8) is 0 Å². The number of nitrogens with two attached hydrogens (primary N) is 1. The number of amides is 3.